The lowest BCUT2D eigenvalue weighted by Gasteiger charge is -2.20. The molecule has 0 spiro atoms. The number of benzene rings is 2. The Labute approximate surface area is 214 Å². The molecule has 1 amide bonds. The van der Waals surface area contributed by atoms with Crippen LogP contribution in [0.15, 0.2) is 67.0 Å². The summed E-state index contributed by atoms with van der Waals surface area (Å²) in [7, 11) is -0.202. The Morgan fingerprint density at radius 2 is 1.69 bits per heavy atom. The van der Waals surface area contributed by atoms with Crippen molar-refractivity contribution in [3.63, 3.8) is 0 Å². The summed E-state index contributed by atoms with van der Waals surface area (Å²) in [5, 5.41) is 0.480. The summed E-state index contributed by atoms with van der Waals surface area (Å²) in [6, 6.07) is 16.3. The van der Waals surface area contributed by atoms with E-state index in [1.807, 2.05) is 24.3 Å². The number of fused-ring (bicyclic) bond motifs is 1. The molecule has 2 heterocycles. The third-order valence-electron chi connectivity index (χ3n) is 5.57. The van der Waals surface area contributed by atoms with Gasteiger partial charge in [-0.2, -0.15) is 0 Å². The summed E-state index contributed by atoms with van der Waals surface area (Å²) < 4.78 is 36.9. The Morgan fingerprint density at radius 3 is 2.39 bits per heavy atom. The number of methoxy groups -OCH3 is 2. The number of thiazole rings is 1. The second kappa shape index (κ2) is 11.5. The maximum Gasteiger partial charge on any atom is 0.229 e. The Bertz CT molecular complexity index is 1380. The van der Waals surface area contributed by atoms with Gasteiger partial charge in [-0.3, -0.25) is 14.7 Å². The Balaban J connectivity index is 1.55. The Hall–Kier alpha value is -3.50. The minimum absolute atomic E-state index is 0.0428. The van der Waals surface area contributed by atoms with Crippen LogP contribution in [0.5, 0.6) is 11.5 Å². The van der Waals surface area contributed by atoms with Crippen molar-refractivity contribution in [2.45, 2.75) is 25.1 Å². The van der Waals surface area contributed by atoms with Crippen LogP contribution in [0.2, 0.25) is 0 Å². The molecule has 0 radical (unpaired) electrons. The predicted molar refractivity (Wildman–Crippen MR) is 141 cm³/mol. The number of hydrogen-bond acceptors (Lipinski definition) is 8. The SMILES string of the molecule is COc1ccc(OC)c2sc(N(Cc3cccnc3)C(=O)CCCS(=O)(=O)Cc3ccccc3)nc12. The fraction of sp³-hybridized carbons (Fsp3) is 0.269. The molecule has 10 heteroatoms. The van der Waals surface area contributed by atoms with Crippen molar-refractivity contribution in [3.05, 3.63) is 78.1 Å². The molecular weight excluding hydrogens is 498 g/mol. The zero-order chi connectivity index (χ0) is 25.5. The van der Waals surface area contributed by atoms with Gasteiger partial charge in [0.15, 0.2) is 15.0 Å². The van der Waals surface area contributed by atoms with Crippen molar-refractivity contribution in [2.75, 3.05) is 24.9 Å². The van der Waals surface area contributed by atoms with Gasteiger partial charge in [-0.1, -0.05) is 47.7 Å². The van der Waals surface area contributed by atoms with Crippen molar-refractivity contribution in [1.82, 2.24) is 9.97 Å². The minimum Gasteiger partial charge on any atom is -0.495 e. The van der Waals surface area contributed by atoms with Gasteiger partial charge in [-0.05, 0) is 35.7 Å². The van der Waals surface area contributed by atoms with Crippen LogP contribution < -0.4 is 14.4 Å². The van der Waals surface area contributed by atoms with E-state index in [0.717, 1.165) is 15.8 Å². The van der Waals surface area contributed by atoms with Crippen molar-refractivity contribution < 1.29 is 22.7 Å². The number of carbonyl (C=O) groups is 1. The number of carbonyl (C=O) groups excluding carboxylic acids is 1. The molecule has 36 heavy (non-hydrogen) atoms. The first-order valence-electron chi connectivity index (χ1n) is 11.4. The quantitative estimate of drug-likeness (QED) is 0.281. The van der Waals surface area contributed by atoms with Gasteiger partial charge in [0, 0.05) is 18.8 Å². The second-order valence-electron chi connectivity index (χ2n) is 8.17. The van der Waals surface area contributed by atoms with Crippen molar-refractivity contribution in [3.8, 4) is 11.5 Å². The maximum atomic E-state index is 13.4. The molecule has 0 bridgehead atoms. The van der Waals surface area contributed by atoms with Gasteiger partial charge in [0.05, 0.1) is 32.3 Å². The number of anilines is 1. The number of sulfone groups is 1. The molecule has 4 aromatic rings. The Morgan fingerprint density at radius 1 is 0.972 bits per heavy atom. The first-order chi connectivity index (χ1) is 17.4. The van der Waals surface area contributed by atoms with Crippen LogP contribution in [0.1, 0.15) is 24.0 Å². The number of ether oxygens (including phenoxy) is 2. The van der Waals surface area contributed by atoms with E-state index in [4.69, 9.17) is 14.5 Å². The summed E-state index contributed by atoms with van der Waals surface area (Å²) in [5.74, 6) is 0.879. The monoisotopic (exact) mass is 525 g/mol. The fourth-order valence-electron chi connectivity index (χ4n) is 3.81. The van der Waals surface area contributed by atoms with Crippen molar-refractivity contribution in [2.24, 2.45) is 0 Å². The average Bonchev–Trinajstić information content (AvgIpc) is 3.32. The smallest absolute Gasteiger partial charge is 0.229 e. The van der Waals surface area contributed by atoms with E-state index < -0.39 is 9.84 Å². The van der Waals surface area contributed by atoms with Crippen LogP contribution in [0.25, 0.3) is 10.2 Å². The van der Waals surface area contributed by atoms with E-state index in [2.05, 4.69) is 4.98 Å². The lowest BCUT2D eigenvalue weighted by atomic mass is 10.2. The molecule has 2 aromatic carbocycles. The molecule has 0 unspecified atom stereocenters. The normalized spacial score (nSPS) is 11.4. The van der Waals surface area contributed by atoms with Crippen molar-refractivity contribution >= 4 is 42.4 Å². The molecule has 2 aromatic heterocycles. The average molecular weight is 526 g/mol. The summed E-state index contributed by atoms with van der Waals surface area (Å²) in [4.78, 5) is 23.8. The number of amides is 1. The highest BCUT2D eigenvalue weighted by molar-refractivity contribution is 7.90. The summed E-state index contributed by atoms with van der Waals surface area (Å²) in [6.45, 7) is 0.258. The molecular formula is C26H27N3O5S2. The summed E-state index contributed by atoms with van der Waals surface area (Å²) in [6.07, 6.45) is 3.65. The lowest BCUT2D eigenvalue weighted by Crippen LogP contribution is -2.30. The van der Waals surface area contributed by atoms with Crippen LogP contribution >= 0.6 is 11.3 Å². The van der Waals surface area contributed by atoms with E-state index in [9.17, 15) is 13.2 Å². The van der Waals surface area contributed by atoms with Crippen molar-refractivity contribution in [1.29, 1.82) is 0 Å². The maximum absolute atomic E-state index is 13.4. The van der Waals surface area contributed by atoms with Gasteiger partial charge >= 0.3 is 0 Å². The number of nitrogens with zero attached hydrogens (tertiary/aromatic N) is 3. The topological polar surface area (TPSA) is 98.7 Å². The van der Waals surface area contributed by atoms with Crippen LogP contribution in [0.3, 0.4) is 0 Å². The molecule has 0 fully saturated rings. The number of pyridine rings is 1. The second-order valence-corrected chi connectivity index (χ2v) is 11.3. The van der Waals surface area contributed by atoms with Gasteiger partial charge < -0.3 is 9.47 Å². The van der Waals surface area contributed by atoms with Gasteiger partial charge in [0.2, 0.25) is 5.91 Å². The summed E-state index contributed by atoms with van der Waals surface area (Å²) in [5.41, 5.74) is 2.17. The third kappa shape index (κ3) is 6.19. The lowest BCUT2D eigenvalue weighted by molar-refractivity contribution is -0.118. The third-order valence-corrected chi connectivity index (χ3v) is 8.35. The molecule has 188 valence electrons. The Kier molecular flexibility index (Phi) is 8.17. The molecule has 8 nitrogen and oxygen atoms in total. The highest BCUT2D eigenvalue weighted by atomic mass is 32.2. The largest absolute Gasteiger partial charge is 0.495 e. The van der Waals surface area contributed by atoms with Gasteiger partial charge in [0.25, 0.3) is 0 Å². The molecule has 0 saturated carbocycles. The number of rotatable bonds is 11. The molecule has 0 N–H and O–H groups in total. The molecule has 0 aliphatic rings. The molecule has 0 atom stereocenters. The number of aromatic nitrogens is 2. The van der Waals surface area contributed by atoms with Gasteiger partial charge in [-0.25, -0.2) is 13.4 Å². The predicted octanol–water partition coefficient (Wildman–Crippen LogP) is 4.64. The van der Waals surface area contributed by atoms with E-state index >= 15 is 0 Å². The fourth-order valence-corrected chi connectivity index (χ4v) is 6.32. The standard InChI is InChI=1S/C26H27N3O5S2/c1-33-21-12-13-22(34-2)25-24(21)28-26(35-25)29(17-20-10-6-14-27-16-20)23(30)11-7-15-36(31,32)18-19-8-4-3-5-9-19/h3-6,8-10,12-14,16H,7,11,15,17-18H2,1-2H3. The van der Waals surface area contributed by atoms with Gasteiger partial charge in [-0.15, -0.1) is 0 Å². The minimum atomic E-state index is -3.34. The first kappa shape index (κ1) is 25.6. The zero-order valence-corrected chi connectivity index (χ0v) is 21.7. The molecule has 0 saturated heterocycles. The van der Waals surface area contributed by atoms with E-state index in [1.165, 1.54) is 11.3 Å². The van der Waals surface area contributed by atoms with E-state index in [-0.39, 0.29) is 36.8 Å². The van der Waals surface area contributed by atoms with Crippen LogP contribution in [0.4, 0.5) is 5.13 Å². The zero-order valence-electron chi connectivity index (χ0n) is 20.1. The molecule has 0 aliphatic heterocycles. The number of hydrogen-bond donors (Lipinski definition) is 0. The van der Waals surface area contributed by atoms with E-state index in [1.54, 1.807) is 61.8 Å². The van der Waals surface area contributed by atoms with E-state index in [0.29, 0.717) is 22.1 Å². The molecule has 0 aliphatic carbocycles. The first-order valence-corrected chi connectivity index (χ1v) is 14.0. The highest BCUT2D eigenvalue weighted by Crippen LogP contribution is 2.40. The molecule has 4 rings (SSSR count). The van der Waals surface area contributed by atoms with Crippen LogP contribution in [-0.4, -0.2) is 44.3 Å². The highest BCUT2D eigenvalue weighted by Gasteiger charge is 2.23. The van der Waals surface area contributed by atoms with Gasteiger partial charge in [0.1, 0.15) is 21.7 Å². The van der Waals surface area contributed by atoms with Crippen LogP contribution in [-0.2, 0) is 26.9 Å². The summed E-state index contributed by atoms with van der Waals surface area (Å²) >= 11 is 1.32. The van der Waals surface area contributed by atoms with Crippen LogP contribution in [0, 0.1) is 0 Å².